The number of allylic oxidation sites excluding steroid dienone is 2. The average Bonchev–Trinajstić information content (AvgIpc) is 2.47. The first-order valence-electron chi connectivity index (χ1n) is 5.42. The van der Waals surface area contributed by atoms with Crippen LogP contribution >= 0.6 is 0 Å². The lowest BCUT2D eigenvalue weighted by Crippen LogP contribution is -1.92. The maximum atomic E-state index is 5.96. The molecule has 1 aromatic carbocycles. The SMILES string of the molecule is Nc1ccccc1C1=CCCCCC1. The lowest BCUT2D eigenvalue weighted by atomic mass is 10.00. The molecule has 0 amide bonds. The van der Waals surface area contributed by atoms with E-state index in [1.807, 2.05) is 12.1 Å². The first-order valence-corrected chi connectivity index (χ1v) is 5.42. The number of para-hydroxylation sites is 1. The van der Waals surface area contributed by atoms with E-state index in [0.717, 1.165) is 5.69 Å². The summed E-state index contributed by atoms with van der Waals surface area (Å²) in [4.78, 5) is 0. The summed E-state index contributed by atoms with van der Waals surface area (Å²) in [7, 11) is 0. The number of nitrogen functional groups attached to an aromatic ring is 1. The molecule has 1 aliphatic rings. The van der Waals surface area contributed by atoms with Crippen LogP contribution < -0.4 is 5.73 Å². The molecule has 0 radical (unpaired) electrons. The van der Waals surface area contributed by atoms with E-state index in [9.17, 15) is 0 Å². The van der Waals surface area contributed by atoms with Gasteiger partial charge in [-0.2, -0.15) is 0 Å². The maximum absolute atomic E-state index is 5.96. The predicted molar refractivity (Wildman–Crippen MR) is 61.9 cm³/mol. The molecule has 0 saturated heterocycles. The molecule has 0 heterocycles. The monoisotopic (exact) mass is 187 g/mol. The van der Waals surface area contributed by atoms with Gasteiger partial charge in [-0.15, -0.1) is 0 Å². The highest BCUT2D eigenvalue weighted by Gasteiger charge is 2.07. The van der Waals surface area contributed by atoms with E-state index in [4.69, 9.17) is 5.73 Å². The second kappa shape index (κ2) is 4.32. The third-order valence-electron chi connectivity index (χ3n) is 2.85. The molecule has 2 rings (SSSR count). The van der Waals surface area contributed by atoms with E-state index in [-0.39, 0.29) is 0 Å². The molecule has 0 fully saturated rings. The number of anilines is 1. The smallest absolute Gasteiger partial charge is 0.0390 e. The average molecular weight is 187 g/mol. The molecule has 0 aliphatic heterocycles. The van der Waals surface area contributed by atoms with Crippen LogP contribution in [0, 0.1) is 0 Å². The molecule has 2 N–H and O–H groups in total. The Labute approximate surface area is 85.6 Å². The summed E-state index contributed by atoms with van der Waals surface area (Å²) in [5.74, 6) is 0. The molecule has 1 aromatic rings. The quantitative estimate of drug-likeness (QED) is 0.668. The fraction of sp³-hybridized carbons (Fsp3) is 0.385. The summed E-state index contributed by atoms with van der Waals surface area (Å²) in [6.45, 7) is 0. The van der Waals surface area contributed by atoms with Crippen molar-refractivity contribution in [3.63, 3.8) is 0 Å². The normalized spacial score (nSPS) is 17.3. The van der Waals surface area contributed by atoms with Gasteiger partial charge in [-0.3, -0.25) is 0 Å². The van der Waals surface area contributed by atoms with Gasteiger partial charge in [0.2, 0.25) is 0 Å². The van der Waals surface area contributed by atoms with Crippen molar-refractivity contribution in [2.75, 3.05) is 5.73 Å². The van der Waals surface area contributed by atoms with E-state index in [1.54, 1.807) is 0 Å². The Morgan fingerprint density at radius 2 is 1.86 bits per heavy atom. The second-order valence-corrected chi connectivity index (χ2v) is 3.92. The lowest BCUT2D eigenvalue weighted by molar-refractivity contribution is 0.720. The van der Waals surface area contributed by atoms with Gasteiger partial charge in [0, 0.05) is 11.3 Å². The van der Waals surface area contributed by atoms with Crippen LogP contribution in [-0.2, 0) is 0 Å². The van der Waals surface area contributed by atoms with Gasteiger partial charge in [-0.1, -0.05) is 30.7 Å². The number of hydrogen-bond acceptors (Lipinski definition) is 1. The highest BCUT2D eigenvalue weighted by Crippen LogP contribution is 2.29. The van der Waals surface area contributed by atoms with Gasteiger partial charge in [0.25, 0.3) is 0 Å². The van der Waals surface area contributed by atoms with Crippen LogP contribution in [0.2, 0.25) is 0 Å². The summed E-state index contributed by atoms with van der Waals surface area (Å²) < 4.78 is 0. The molecule has 14 heavy (non-hydrogen) atoms. The number of hydrogen-bond donors (Lipinski definition) is 1. The highest BCUT2D eigenvalue weighted by atomic mass is 14.6. The Hall–Kier alpha value is -1.24. The second-order valence-electron chi connectivity index (χ2n) is 3.92. The molecule has 1 nitrogen and oxygen atoms in total. The van der Waals surface area contributed by atoms with Crippen LogP contribution in [0.3, 0.4) is 0 Å². The first-order chi connectivity index (χ1) is 6.88. The molecule has 0 atom stereocenters. The van der Waals surface area contributed by atoms with E-state index in [0.29, 0.717) is 0 Å². The van der Waals surface area contributed by atoms with Gasteiger partial charge in [-0.05, 0) is 37.3 Å². The summed E-state index contributed by atoms with van der Waals surface area (Å²) in [6.07, 6.45) is 8.75. The molecule has 0 bridgehead atoms. The Bertz CT molecular complexity index is 339. The van der Waals surface area contributed by atoms with Gasteiger partial charge >= 0.3 is 0 Å². The molecular formula is C13H17N. The molecule has 0 aromatic heterocycles. The van der Waals surface area contributed by atoms with E-state index >= 15 is 0 Å². The van der Waals surface area contributed by atoms with E-state index in [2.05, 4.69) is 18.2 Å². The first kappa shape index (κ1) is 9.32. The van der Waals surface area contributed by atoms with Crippen molar-refractivity contribution in [3.8, 4) is 0 Å². The molecule has 0 unspecified atom stereocenters. The molecule has 74 valence electrons. The fourth-order valence-corrected chi connectivity index (χ4v) is 2.05. The molecule has 1 heteroatoms. The van der Waals surface area contributed by atoms with Crippen molar-refractivity contribution in [3.05, 3.63) is 35.9 Å². The third-order valence-corrected chi connectivity index (χ3v) is 2.85. The predicted octanol–water partition coefficient (Wildman–Crippen LogP) is 3.62. The van der Waals surface area contributed by atoms with Gasteiger partial charge in [-0.25, -0.2) is 0 Å². The zero-order valence-corrected chi connectivity index (χ0v) is 8.50. The minimum Gasteiger partial charge on any atom is -0.398 e. The van der Waals surface area contributed by atoms with E-state index in [1.165, 1.54) is 43.2 Å². The zero-order chi connectivity index (χ0) is 9.80. The van der Waals surface area contributed by atoms with Crippen molar-refractivity contribution in [2.45, 2.75) is 32.1 Å². The minimum atomic E-state index is 0.917. The summed E-state index contributed by atoms with van der Waals surface area (Å²) in [6, 6.07) is 8.18. The Balaban J connectivity index is 2.29. The third kappa shape index (κ3) is 1.98. The molecule has 0 saturated carbocycles. The Kier molecular flexibility index (Phi) is 2.87. The molecule has 0 spiro atoms. The molecular weight excluding hydrogens is 170 g/mol. The topological polar surface area (TPSA) is 26.0 Å². The standard InChI is InChI=1S/C13H17N/c14-13-10-6-5-9-12(13)11-7-3-1-2-4-8-11/h5-7,9-10H,1-4,8,14H2. The summed E-state index contributed by atoms with van der Waals surface area (Å²) in [5, 5.41) is 0. The van der Waals surface area contributed by atoms with Crippen LogP contribution in [0.15, 0.2) is 30.3 Å². The van der Waals surface area contributed by atoms with Crippen molar-refractivity contribution >= 4 is 11.3 Å². The molecule has 1 aliphatic carbocycles. The lowest BCUT2D eigenvalue weighted by Gasteiger charge is -2.08. The fourth-order valence-electron chi connectivity index (χ4n) is 2.05. The van der Waals surface area contributed by atoms with Gasteiger partial charge < -0.3 is 5.73 Å². The van der Waals surface area contributed by atoms with Crippen LogP contribution in [0.4, 0.5) is 5.69 Å². The van der Waals surface area contributed by atoms with Gasteiger partial charge in [0.05, 0.1) is 0 Å². The largest absolute Gasteiger partial charge is 0.398 e. The van der Waals surface area contributed by atoms with Crippen molar-refractivity contribution in [1.82, 2.24) is 0 Å². The summed E-state index contributed by atoms with van der Waals surface area (Å²) in [5.41, 5.74) is 9.57. The van der Waals surface area contributed by atoms with Crippen LogP contribution in [0.1, 0.15) is 37.7 Å². The van der Waals surface area contributed by atoms with Crippen LogP contribution in [-0.4, -0.2) is 0 Å². The highest BCUT2D eigenvalue weighted by molar-refractivity contribution is 5.75. The zero-order valence-electron chi connectivity index (χ0n) is 8.50. The van der Waals surface area contributed by atoms with E-state index < -0.39 is 0 Å². The summed E-state index contributed by atoms with van der Waals surface area (Å²) >= 11 is 0. The number of nitrogens with two attached hydrogens (primary N) is 1. The van der Waals surface area contributed by atoms with Crippen LogP contribution in [0.25, 0.3) is 5.57 Å². The van der Waals surface area contributed by atoms with Crippen molar-refractivity contribution in [2.24, 2.45) is 0 Å². The van der Waals surface area contributed by atoms with Crippen molar-refractivity contribution in [1.29, 1.82) is 0 Å². The number of benzene rings is 1. The Morgan fingerprint density at radius 3 is 2.71 bits per heavy atom. The van der Waals surface area contributed by atoms with Crippen molar-refractivity contribution < 1.29 is 0 Å². The minimum absolute atomic E-state index is 0.917. The van der Waals surface area contributed by atoms with Crippen LogP contribution in [0.5, 0.6) is 0 Å². The maximum Gasteiger partial charge on any atom is 0.0390 e. The van der Waals surface area contributed by atoms with Gasteiger partial charge in [0.15, 0.2) is 0 Å². The Morgan fingerprint density at radius 1 is 1.00 bits per heavy atom. The van der Waals surface area contributed by atoms with Gasteiger partial charge in [0.1, 0.15) is 0 Å². The number of rotatable bonds is 1.